The highest BCUT2D eigenvalue weighted by Crippen LogP contribution is 2.31. The number of fused-ring (bicyclic) bond motifs is 2. The van der Waals surface area contributed by atoms with Crippen LogP contribution in [0, 0.1) is 0 Å². The maximum atomic E-state index is 13.1. The van der Waals surface area contributed by atoms with Gasteiger partial charge in [-0.05, 0) is 47.8 Å². The SMILES string of the molecule is Nc1c(C(=O)NCc2cccs2)c2nc3ccccc3nc2n1-c1ccc(Br)cc1. The van der Waals surface area contributed by atoms with Gasteiger partial charge in [-0.3, -0.25) is 9.36 Å². The third-order valence-electron chi connectivity index (χ3n) is 4.81. The van der Waals surface area contributed by atoms with Gasteiger partial charge in [0.2, 0.25) is 0 Å². The van der Waals surface area contributed by atoms with Gasteiger partial charge in [0.05, 0.1) is 17.6 Å². The minimum Gasteiger partial charge on any atom is -0.384 e. The first-order chi connectivity index (χ1) is 14.6. The molecule has 6 nitrogen and oxygen atoms in total. The number of anilines is 1. The number of para-hydroxylation sites is 2. The van der Waals surface area contributed by atoms with Gasteiger partial charge in [0.1, 0.15) is 16.9 Å². The fourth-order valence-electron chi connectivity index (χ4n) is 3.41. The molecular formula is C22H16BrN5OS. The van der Waals surface area contributed by atoms with E-state index < -0.39 is 0 Å². The average molecular weight is 478 g/mol. The summed E-state index contributed by atoms with van der Waals surface area (Å²) >= 11 is 5.04. The summed E-state index contributed by atoms with van der Waals surface area (Å²) in [6, 6.07) is 19.2. The summed E-state index contributed by atoms with van der Waals surface area (Å²) in [5.74, 6) is 0.0395. The molecule has 30 heavy (non-hydrogen) atoms. The molecule has 2 aromatic carbocycles. The predicted octanol–water partition coefficient (Wildman–Crippen LogP) is 4.91. The number of nitrogens with two attached hydrogens (primary N) is 1. The minimum absolute atomic E-state index is 0.272. The Morgan fingerprint density at radius 3 is 2.47 bits per heavy atom. The average Bonchev–Trinajstić information content (AvgIpc) is 3.37. The number of rotatable bonds is 4. The van der Waals surface area contributed by atoms with Crippen molar-refractivity contribution in [2.75, 3.05) is 5.73 Å². The van der Waals surface area contributed by atoms with Crippen LogP contribution in [0.15, 0.2) is 70.5 Å². The topological polar surface area (TPSA) is 85.8 Å². The van der Waals surface area contributed by atoms with Gasteiger partial charge < -0.3 is 11.1 Å². The number of nitrogens with zero attached hydrogens (tertiary/aromatic N) is 3. The summed E-state index contributed by atoms with van der Waals surface area (Å²) in [7, 11) is 0. The number of aromatic nitrogens is 3. The van der Waals surface area contributed by atoms with Gasteiger partial charge in [-0.2, -0.15) is 0 Å². The van der Waals surface area contributed by atoms with Gasteiger partial charge in [-0.25, -0.2) is 9.97 Å². The fourth-order valence-corrected chi connectivity index (χ4v) is 4.31. The molecule has 0 spiro atoms. The third kappa shape index (κ3) is 3.24. The molecule has 0 unspecified atom stereocenters. The van der Waals surface area contributed by atoms with Crippen molar-refractivity contribution in [3.8, 4) is 5.69 Å². The maximum Gasteiger partial charge on any atom is 0.257 e. The summed E-state index contributed by atoms with van der Waals surface area (Å²) in [6.07, 6.45) is 0. The maximum absolute atomic E-state index is 13.1. The van der Waals surface area contributed by atoms with Crippen LogP contribution in [-0.2, 0) is 6.54 Å². The van der Waals surface area contributed by atoms with Crippen LogP contribution in [0.4, 0.5) is 5.82 Å². The zero-order valence-corrected chi connectivity index (χ0v) is 18.1. The molecule has 0 bridgehead atoms. The number of halogens is 1. The Hall–Kier alpha value is -3.23. The van der Waals surface area contributed by atoms with Crippen LogP contribution in [0.3, 0.4) is 0 Å². The number of nitrogens with one attached hydrogen (secondary N) is 1. The molecule has 0 aliphatic rings. The van der Waals surface area contributed by atoms with E-state index in [0.29, 0.717) is 34.6 Å². The number of carbonyl (C=O) groups is 1. The van der Waals surface area contributed by atoms with Crippen LogP contribution >= 0.6 is 27.3 Å². The largest absolute Gasteiger partial charge is 0.384 e. The standard InChI is InChI=1S/C22H16BrN5OS/c23-13-7-9-14(10-8-13)28-20(24)18(22(29)25-12-15-4-3-11-30-15)19-21(28)27-17-6-2-1-5-16(17)26-19/h1-11H,12,24H2,(H,25,29). The Balaban J connectivity index is 1.70. The first-order valence-electron chi connectivity index (χ1n) is 9.25. The second-order valence-corrected chi connectivity index (χ2v) is 8.67. The molecule has 0 saturated heterocycles. The second-order valence-electron chi connectivity index (χ2n) is 6.72. The van der Waals surface area contributed by atoms with Crippen LogP contribution in [0.5, 0.6) is 0 Å². The van der Waals surface area contributed by atoms with Crippen LogP contribution in [0.1, 0.15) is 15.2 Å². The molecule has 148 valence electrons. The molecule has 0 atom stereocenters. The van der Waals surface area contributed by atoms with Crippen molar-refractivity contribution in [1.82, 2.24) is 19.9 Å². The molecule has 0 saturated carbocycles. The van der Waals surface area contributed by atoms with Gasteiger partial charge in [0.25, 0.3) is 5.91 Å². The molecule has 0 aliphatic carbocycles. The van der Waals surface area contributed by atoms with E-state index in [1.54, 1.807) is 15.9 Å². The quantitative estimate of drug-likeness (QED) is 0.385. The predicted molar refractivity (Wildman–Crippen MR) is 124 cm³/mol. The first-order valence-corrected chi connectivity index (χ1v) is 10.9. The lowest BCUT2D eigenvalue weighted by atomic mass is 10.2. The van der Waals surface area contributed by atoms with E-state index in [2.05, 4.69) is 21.2 Å². The number of benzene rings is 2. The highest BCUT2D eigenvalue weighted by atomic mass is 79.9. The van der Waals surface area contributed by atoms with Crippen LogP contribution in [-0.4, -0.2) is 20.4 Å². The number of amides is 1. The summed E-state index contributed by atoms with van der Waals surface area (Å²) < 4.78 is 2.73. The molecule has 3 aromatic heterocycles. The Bertz CT molecular complexity index is 1380. The van der Waals surface area contributed by atoms with Crippen molar-refractivity contribution in [2.45, 2.75) is 6.54 Å². The number of nitrogen functional groups attached to an aromatic ring is 1. The van der Waals surface area contributed by atoms with Gasteiger partial charge in [0.15, 0.2) is 5.65 Å². The van der Waals surface area contributed by atoms with Gasteiger partial charge in [-0.1, -0.05) is 34.1 Å². The monoisotopic (exact) mass is 477 g/mol. The number of carbonyl (C=O) groups excluding carboxylic acids is 1. The lowest BCUT2D eigenvalue weighted by Gasteiger charge is -2.08. The normalized spacial score (nSPS) is 11.2. The van der Waals surface area contributed by atoms with E-state index >= 15 is 0 Å². The highest BCUT2D eigenvalue weighted by Gasteiger charge is 2.24. The summed E-state index contributed by atoms with van der Waals surface area (Å²) in [5, 5.41) is 4.94. The molecule has 0 fully saturated rings. The molecule has 1 amide bonds. The Kier molecular flexibility index (Phi) is 4.72. The Morgan fingerprint density at radius 1 is 1.03 bits per heavy atom. The smallest absolute Gasteiger partial charge is 0.257 e. The van der Waals surface area contributed by atoms with Crippen molar-refractivity contribution in [3.05, 3.63) is 81.0 Å². The van der Waals surface area contributed by atoms with E-state index in [1.807, 2.05) is 66.0 Å². The molecule has 5 rings (SSSR count). The molecule has 8 heteroatoms. The highest BCUT2D eigenvalue weighted by molar-refractivity contribution is 9.10. The number of hydrogen-bond donors (Lipinski definition) is 2. The fraction of sp³-hybridized carbons (Fsp3) is 0.0455. The van der Waals surface area contributed by atoms with Crippen molar-refractivity contribution in [3.63, 3.8) is 0 Å². The van der Waals surface area contributed by atoms with Crippen LogP contribution in [0.2, 0.25) is 0 Å². The molecule has 3 N–H and O–H groups in total. The summed E-state index contributed by atoms with van der Waals surface area (Å²) in [6.45, 7) is 0.432. The lowest BCUT2D eigenvalue weighted by Crippen LogP contribution is -2.23. The summed E-state index contributed by atoms with van der Waals surface area (Å²) in [5.41, 5.74) is 10.1. The third-order valence-corrected chi connectivity index (χ3v) is 6.22. The van der Waals surface area contributed by atoms with Crippen LogP contribution in [0.25, 0.3) is 27.9 Å². The number of thiophene rings is 1. The molecule has 0 radical (unpaired) electrons. The van der Waals surface area contributed by atoms with Gasteiger partial charge in [0, 0.05) is 15.0 Å². The minimum atomic E-state index is -0.272. The van der Waals surface area contributed by atoms with Crippen molar-refractivity contribution in [2.24, 2.45) is 0 Å². The molecular weight excluding hydrogens is 462 g/mol. The molecule has 5 aromatic rings. The van der Waals surface area contributed by atoms with E-state index in [0.717, 1.165) is 20.6 Å². The van der Waals surface area contributed by atoms with Crippen LogP contribution < -0.4 is 11.1 Å². The second kappa shape index (κ2) is 7.55. The van der Waals surface area contributed by atoms with E-state index in [4.69, 9.17) is 15.7 Å². The van der Waals surface area contributed by atoms with E-state index in [1.165, 1.54) is 0 Å². The molecule has 3 heterocycles. The first kappa shape index (κ1) is 18.8. The van der Waals surface area contributed by atoms with Gasteiger partial charge in [-0.15, -0.1) is 11.3 Å². The van der Waals surface area contributed by atoms with Crippen molar-refractivity contribution in [1.29, 1.82) is 0 Å². The summed E-state index contributed by atoms with van der Waals surface area (Å²) in [4.78, 5) is 23.7. The molecule has 0 aliphatic heterocycles. The lowest BCUT2D eigenvalue weighted by molar-refractivity contribution is 0.0953. The zero-order chi connectivity index (χ0) is 20.7. The van der Waals surface area contributed by atoms with E-state index in [-0.39, 0.29) is 5.91 Å². The van der Waals surface area contributed by atoms with Crippen molar-refractivity contribution >= 4 is 61.2 Å². The Morgan fingerprint density at radius 2 is 1.77 bits per heavy atom. The van der Waals surface area contributed by atoms with Gasteiger partial charge >= 0.3 is 0 Å². The zero-order valence-electron chi connectivity index (χ0n) is 15.7. The Labute approximate surface area is 184 Å². The number of hydrogen-bond acceptors (Lipinski definition) is 5. The van der Waals surface area contributed by atoms with E-state index in [9.17, 15) is 4.79 Å². The van der Waals surface area contributed by atoms with Crippen molar-refractivity contribution < 1.29 is 4.79 Å².